The van der Waals surface area contributed by atoms with E-state index in [1.54, 1.807) is 0 Å². The molecule has 0 aliphatic carbocycles. The third kappa shape index (κ3) is 3.14. The summed E-state index contributed by atoms with van der Waals surface area (Å²) in [5.41, 5.74) is 1.42. The molecule has 0 spiro atoms. The molecule has 0 aromatic carbocycles. The lowest BCUT2D eigenvalue weighted by molar-refractivity contribution is 1.18. The molecule has 0 N–H and O–H groups in total. The molecule has 1 aliphatic heterocycles. The molecule has 1 aliphatic rings. The second-order valence-corrected chi connectivity index (χ2v) is 2.66. The van der Waals surface area contributed by atoms with E-state index in [9.17, 15) is 0 Å². The van der Waals surface area contributed by atoms with E-state index in [1.807, 2.05) is 25.6 Å². The molecule has 0 nitrogen and oxygen atoms in total. The Kier molecular flexibility index (Phi) is 5.29. The first-order valence-electron chi connectivity index (χ1n) is 3.14. The molecule has 0 radical (unpaired) electrons. The van der Waals surface area contributed by atoms with Crippen molar-refractivity contribution in [2.75, 3.05) is 11.5 Å². The van der Waals surface area contributed by atoms with Crippen LogP contribution in [-0.2, 0) is 0 Å². The summed E-state index contributed by atoms with van der Waals surface area (Å²) in [6.07, 6.45) is 1.25. The zero-order chi connectivity index (χ0) is 6.41. The summed E-state index contributed by atoms with van der Waals surface area (Å²) in [5, 5.41) is 0. The van der Waals surface area contributed by atoms with Crippen LogP contribution in [0.25, 0.3) is 0 Å². The van der Waals surface area contributed by atoms with Crippen LogP contribution in [0.3, 0.4) is 0 Å². The van der Waals surface area contributed by atoms with E-state index < -0.39 is 0 Å². The molecule has 0 atom stereocenters. The van der Waals surface area contributed by atoms with Gasteiger partial charge in [0.15, 0.2) is 0 Å². The SMILES string of the molecule is C=C1CCSC1.CC. The summed E-state index contributed by atoms with van der Waals surface area (Å²) in [6.45, 7) is 7.83. The minimum atomic E-state index is 1.21. The average Bonchev–Trinajstić information content (AvgIpc) is 2.24. The highest BCUT2D eigenvalue weighted by Gasteiger charge is 2.01. The number of hydrogen-bond acceptors (Lipinski definition) is 1. The lowest BCUT2D eigenvalue weighted by Gasteiger charge is -1.78. The van der Waals surface area contributed by atoms with E-state index in [2.05, 4.69) is 6.58 Å². The van der Waals surface area contributed by atoms with E-state index >= 15 is 0 Å². The van der Waals surface area contributed by atoms with Crippen molar-refractivity contribution in [2.24, 2.45) is 0 Å². The van der Waals surface area contributed by atoms with E-state index in [-0.39, 0.29) is 0 Å². The Balaban J connectivity index is 0.000000222. The van der Waals surface area contributed by atoms with Gasteiger partial charge in [-0.05, 0) is 12.2 Å². The molecule has 1 heteroatoms. The quantitative estimate of drug-likeness (QED) is 0.454. The third-order valence-corrected chi connectivity index (χ3v) is 2.01. The Morgan fingerprint density at radius 2 is 2.12 bits per heavy atom. The molecule has 0 aromatic heterocycles. The lowest BCUT2D eigenvalue weighted by atomic mass is 10.3. The van der Waals surface area contributed by atoms with Crippen LogP contribution >= 0.6 is 11.8 Å². The van der Waals surface area contributed by atoms with Crippen molar-refractivity contribution in [3.05, 3.63) is 12.2 Å². The first-order valence-corrected chi connectivity index (χ1v) is 4.29. The highest BCUT2D eigenvalue weighted by Crippen LogP contribution is 2.19. The largest absolute Gasteiger partial charge is 0.157 e. The van der Waals surface area contributed by atoms with Gasteiger partial charge in [0.25, 0.3) is 0 Å². The van der Waals surface area contributed by atoms with E-state index in [0.29, 0.717) is 0 Å². The van der Waals surface area contributed by atoms with Gasteiger partial charge in [0.05, 0.1) is 0 Å². The number of hydrogen-bond donors (Lipinski definition) is 0. The molecule has 0 saturated carbocycles. The summed E-state index contributed by atoms with van der Waals surface area (Å²) in [4.78, 5) is 0. The third-order valence-electron chi connectivity index (χ3n) is 0.906. The Morgan fingerprint density at radius 3 is 2.25 bits per heavy atom. The first kappa shape index (κ1) is 8.09. The van der Waals surface area contributed by atoms with Gasteiger partial charge < -0.3 is 0 Å². The van der Waals surface area contributed by atoms with Crippen LogP contribution < -0.4 is 0 Å². The summed E-state index contributed by atoms with van der Waals surface area (Å²) < 4.78 is 0. The van der Waals surface area contributed by atoms with E-state index in [0.717, 1.165) is 0 Å². The molecule has 8 heavy (non-hydrogen) atoms. The Labute approximate surface area is 56.4 Å². The molecular weight excluding hydrogens is 116 g/mol. The second kappa shape index (κ2) is 5.23. The van der Waals surface area contributed by atoms with Gasteiger partial charge in [-0.25, -0.2) is 0 Å². The van der Waals surface area contributed by atoms with Crippen molar-refractivity contribution in [3.63, 3.8) is 0 Å². The minimum Gasteiger partial charge on any atom is -0.157 e. The van der Waals surface area contributed by atoms with Gasteiger partial charge >= 0.3 is 0 Å². The fraction of sp³-hybridized carbons (Fsp3) is 0.714. The maximum atomic E-state index is 3.83. The minimum absolute atomic E-state index is 1.21. The summed E-state index contributed by atoms with van der Waals surface area (Å²) in [6, 6.07) is 0. The van der Waals surface area contributed by atoms with Gasteiger partial charge in [-0.15, -0.1) is 0 Å². The van der Waals surface area contributed by atoms with Crippen molar-refractivity contribution < 1.29 is 0 Å². The van der Waals surface area contributed by atoms with Gasteiger partial charge in [0, 0.05) is 5.75 Å². The lowest BCUT2D eigenvalue weighted by Crippen LogP contribution is -1.68. The van der Waals surface area contributed by atoms with Gasteiger partial charge in [-0.2, -0.15) is 11.8 Å². The van der Waals surface area contributed by atoms with Crippen molar-refractivity contribution in [1.82, 2.24) is 0 Å². The molecule has 0 unspecified atom stereocenters. The fourth-order valence-electron chi connectivity index (χ4n) is 0.505. The molecular formula is C7H14S. The van der Waals surface area contributed by atoms with Crippen LogP contribution in [-0.4, -0.2) is 11.5 Å². The zero-order valence-electron chi connectivity index (χ0n) is 5.74. The highest BCUT2D eigenvalue weighted by atomic mass is 32.2. The molecule has 0 amide bonds. The summed E-state index contributed by atoms with van der Waals surface area (Å²) in [5.74, 6) is 2.51. The Hall–Kier alpha value is 0.0900. The fourth-order valence-corrected chi connectivity index (χ4v) is 1.52. The van der Waals surface area contributed by atoms with E-state index in [4.69, 9.17) is 0 Å². The molecule has 1 fully saturated rings. The maximum Gasteiger partial charge on any atom is 0.0141 e. The maximum absolute atomic E-state index is 3.83. The number of rotatable bonds is 0. The molecule has 1 rings (SSSR count). The highest BCUT2D eigenvalue weighted by molar-refractivity contribution is 7.99. The van der Waals surface area contributed by atoms with Crippen LogP contribution in [0.15, 0.2) is 12.2 Å². The Bertz CT molecular complexity index is 58.8. The molecule has 1 saturated heterocycles. The molecule has 0 bridgehead atoms. The zero-order valence-corrected chi connectivity index (χ0v) is 6.55. The van der Waals surface area contributed by atoms with E-state index in [1.165, 1.54) is 23.5 Å². The summed E-state index contributed by atoms with van der Waals surface area (Å²) in [7, 11) is 0. The molecule has 48 valence electrons. The van der Waals surface area contributed by atoms with Crippen molar-refractivity contribution >= 4 is 11.8 Å². The van der Waals surface area contributed by atoms with Crippen molar-refractivity contribution in [3.8, 4) is 0 Å². The van der Waals surface area contributed by atoms with Crippen LogP contribution in [0.1, 0.15) is 20.3 Å². The van der Waals surface area contributed by atoms with Crippen LogP contribution in [0.2, 0.25) is 0 Å². The van der Waals surface area contributed by atoms with Crippen LogP contribution in [0.4, 0.5) is 0 Å². The van der Waals surface area contributed by atoms with Crippen molar-refractivity contribution in [2.45, 2.75) is 20.3 Å². The van der Waals surface area contributed by atoms with Gasteiger partial charge in [0.2, 0.25) is 0 Å². The molecule has 0 aromatic rings. The van der Waals surface area contributed by atoms with Crippen molar-refractivity contribution in [1.29, 1.82) is 0 Å². The normalized spacial score (nSPS) is 17.5. The van der Waals surface area contributed by atoms with Gasteiger partial charge in [-0.3, -0.25) is 0 Å². The first-order chi connectivity index (χ1) is 3.89. The number of thioether (sulfide) groups is 1. The average molecular weight is 130 g/mol. The predicted molar refractivity (Wildman–Crippen MR) is 42.4 cm³/mol. The van der Waals surface area contributed by atoms with Gasteiger partial charge in [0.1, 0.15) is 0 Å². The monoisotopic (exact) mass is 130 g/mol. The molecule has 1 heterocycles. The van der Waals surface area contributed by atoms with Crippen LogP contribution in [0.5, 0.6) is 0 Å². The smallest absolute Gasteiger partial charge is 0.0141 e. The standard InChI is InChI=1S/C5H8S.C2H6/c1-5-2-3-6-4-5;1-2/h1-4H2;1-2H3. The predicted octanol–water partition coefficient (Wildman–Crippen LogP) is 2.71. The second-order valence-electron chi connectivity index (χ2n) is 1.55. The van der Waals surface area contributed by atoms with Crippen LogP contribution in [0, 0.1) is 0 Å². The topological polar surface area (TPSA) is 0 Å². The summed E-state index contributed by atoms with van der Waals surface area (Å²) >= 11 is 1.98. The van der Waals surface area contributed by atoms with Gasteiger partial charge in [-0.1, -0.05) is 26.0 Å². The Morgan fingerprint density at radius 1 is 1.50 bits per heavy atom.